The van der Waals surface area contributed by atoms with Crippen LogP contribution in [0.15, 0.2) is 97.2 Å². The third-order valence-electron chi connectivity index (χ3n) is 5.58. The average Bonchev–Trinajstić information content (AvgIpc) is 3.21. The Kier molecular flexibility index (Phi) is 4.34. The Bertz CT molecular complexity index is 1390. The van der Waals surface area contributed by atoms with Crippen molar-refractivity contribution in [3.8, 4) is 5.69 Å². The van der Waals surface area contributed by atoms with Crippen molar-refractivity contribution in [1.82, 2.24) is 9.78 Å². The molecular formula is C25H17F3N2O. The van der Waals surface area contributed by atoms with Crippen molar-refractivity contribution in [1.29, 1.82) is 0 Å². The number of fused-ring (bicyclic) bond motifs is 2. The van der Waals surface area contributed by atoms with Crippen LogP contribution < -0.4 is 0 Å². The van der Waals surface area contributed by atoms with E-state index in [0.29, 0.717) is 21.7 Å². The predicted molar refractivity (Wildman–Crippen MR) is 114 cm³/mol. The molecule has 0 saturated heterocycles. The van der Waals surface area contributed by atoms with Crippen molar-refractivity contribution >= 4 is 21.7 Å². The van der Waals surface area contributed by atoms with Gasteiger partial charge in [0.1, 0.15) is 0 Å². The largest absolute Gasteiger partial charge is 0.425 e. The van der Waals surface area contributed by atoms with Gasteiger partial charge in [-0.15, -0.1) is 0 Å². The summed E-state index contributed by atoms with van der Waals surface area (Å²) in [6, 6.07) is 24.9. The molecule has 0 aliphatic rings. The maximum absolute atomic E-state index is 14.4. The molecular weight excluding hydrogens is 401 g/mol. The molecule has 1 atom stereocenters. The Morgan fingerprint density at radius 3 is 2.23 bits per heavy atom. The first kappa shape index (κ1) is 19.3. The van der Waals surface area contributed by atoms with E-state index in [4.69, 9.17) is 0 Å². The Hall–Kier alpha value is -3.64. The standard InChI is InChI=1S/C25H17F3N2O/c26-25(27,28)24(31,22-12-6-8-17-7-4-5-11-21(17)22)19-13-14-23-18(15-19)16-29-30(23)20-9-2-1-3-10-20/h1-16,31H. The molecule has 1 unspecified atom stereocenters. The number of alkyl halides is 3. The zero-order valence-corrected chi connectivity index (χ0v) is 16.2. The van der Waals surface area contributed by atoms with Crippen LogP contribution >= 0.6 is 0 Å². The maximum atomic E-state index is 14.4. The number of benzene rings is 4. The predicted octanol–water partition coefficient (Wildman–Crippen LogP) is 5.98. The molecule has 0 spiro atoms. The SMILES string of the molecule is OC(c1ccc2c(cnn2-c2ccccc2)c1)(c1cccc2ccccc12)C(F)(F)F. The molecule has 0 saturated carbocycles. The van der Waals surface area contributed by atoms with Gasteiger partial charge in [0, 0.05) is 10.9 Å². The molecule has 3 nitrogen and oxygen atoms in total. The molecule has 1 N–H and O–H groups in total. The molecule has 0 aliphatic carbocycles. The molecule has 154 valence electrons. The lowest BCUT2D eigenvalue weighted by Crippen LogP contribution is -2.43. The van der Waals surface area contributed by atoms with Crippen LogP contribution in [0.4, 0.5) is 13.2 Å². The Labute approximate surface area is 176 Å². The lowest BCUT2D eigenvalue weighted by atomic mass is 9.82. The lowest BCUT2D eigenvalue weighted by Gasteiger charge is -2.32. The van der Waals surface area contributed by atoms with E-state index >= 15 is 0 Å². The zero-order chi connectivity index (χ0) is 21.6. The zero-order valence-electron chi connectivity index (χ0n) is 16.2. The van der Waals surface area contributed by atoms with Crippen molar-refractivity contribution in [2.45, 2.75) is 11.8 Å². The van der Waals surface area contributed by atoms with Crippen molar-refractivity contribution in [3.63, 3.8) is 0 Å². The normalized spacial score (nSPS) is 14.1. The van der Waals surface area contributed by atoms with Crippen LogP contribution in [0, 0.1) is 0 Å². The van der Waals surface area contributed by atoms with Crippen molar-refractivity contribution in [2.75, 3.05) is 0 Å². The summed E-state index contributed by atoms with van der Waals surface area (Å²) in [6.07, 6.45) is -3.42. The fourth-order valence-corrected chi connectivity index (χ4v) is 4.05. The molecule has 0 aliphatic heterocycles. The van der Waals surface area contributed by atoms with E-state index in [1.165, 1.54) is 30.5 Å². The molecule has 6 heteroatoms. The summed E-state index contributed by atoms with van der Waals surface area (Å²) >= 11 is 0. The highest BCUT2D eigenvalue weighted by Gasteiger charge is 2.57. The van der Waals surface area contributed by atoms with Crippen molar-refractivity contribution < 1.29 is 18.3 Å². The molecule has 0 fully saturated rings. The van der Waals surface area contributed by atoms with Gasteiger partial charge in [-0.2, -0.15) is 18.3 Å². The van der Waals surface area contributed by atoms with Gasteiger partial charge in [0.2, 0.25) is 5.60 Å². The highest BCUT2D eigenvalue weighted by molar-refractivity contribution is 5.88. The number of halogens is 3. The molecule has 31 heavy (non-hydrogen) atoms. The second-order valence-corrected chi connectivity index (χ2v) is 7.40. The summed E-state index contributed by atoms with van der Waals surface area (Å²) in [5, 5.41) is 17.0. The van der Waals surface area contributed by atoms with Gasteiger partial charge in [0.05, 0.1) is 17.4 Å². The van der Waals surface area contributed by atoms with Crippen LogP contribution in [0.2, 0.25) is 0 Å². The molecule has 4 aromatic carbocycles. The summed E-state index contributed by atoms with van der Waals surface area (Å²) in [5.41, 5.74) is -2.18. The van der Waals surface area contributed by atoms with Crippen LogP contribution in [0.3, 0.4) is 0 Å². The summed E-state index contributed by atoms with van der Waals surface area (Å²) in [4.78, 5) is 0. The first-order chi connectivity index (χ1) is 14.9. The van der Waals surface area contributed by atoms with Gasteiger partial charge in [0.15, 0.2) is 0 Å². The van der Waals surface area contributed by atoms with E-state index in [0.717, 1.165) is 5.69 Å². The smallest absolute Gasteiger partial charge is 0.372 e. The number of para-hydroxylation sites is 1. The summed E-state index contributed by atoms with van der Waals surface area (Å²) in [5.74, 6) is 0. The number of rotatable bonds is 3. The quantitative estimate of drug-likeness (QED) is 0.392. The topological polar surface area (TPSA) is 38.1 Å². The summed E-state index contributed by atoms with van der Waals surface area (Å²) in [7, 11) is 0. The minimum atomic E-state index is -4.93. The minimum absolute atomic E-state index is 0.201. The summed E-state index contributed by atoms with van der Waals surface area (Å²) < 4.78 is 44.9. The molecule has 1 aromatic heterocycles. The second-order valence-electron chi connectivity index (χ2n) is 7.40. The molecule has 0 amide bonds. The monoisotopic (exact) mass is 418 g/mol. The van der Waals surface area contributed by atoms with Crippen LogP contribution in [0.25, 0.3) is 27.4 Å². The molecule has 0 bridgehead atoms. The second kappa shape index (κ2) is 6.96. The van der Waals surface area contributed by atoms with E-state index in [9.17, 15) is 18.3 Å². The number of aromatic nitrogens is 2. The van der Waals surface area contributed by atoms with Gasteiger partial charge in [-0.25, -0.2) is 4.68 Å². The van der Waals surface area contributed by atoms with E-state index in [-0.39, 0.29) is 11.1 Å². The van der Waals surface area contributed by atoms with E-state index < -0.39 is 11.8 Å². The van der Waals surface area contributed by atoms with E-state index in [1.54, 1.807) is 41.1 Å². The van der Waals surface area contributed by atoms with Gasteiger partial charge >= 0.3 is 6.18 Å². The number of hydrogen-bond acceptors (Lipinski definition) is 2. The van der Waals surface area contributed by atoms with Gasteiger partial charge in [-0.3, -0.25) is 0 Å². The maximum Gasteiger partial charge on any atom is 0.425 e. The highest BCUT2D eigenvalue weighted by Crippen LogP contribution is 2.47. The molecule has 5 rings (SSSR count). The first-order valence-electron chi connectivity index (χ1n) is 9.70. The third kappa shape index (κ3) is 2.99. The minimum Gasteiger partial charge on any atom is -0.372 e. The van der Waals surface area contributed by atoms with Crippen LogP contribution in [-0.4, -0.2) is 21.1 Å². The van der Waals surface area contributed by atoms with Gasteiger partial charge < -0.3 is 5.11 Å². The Morgan fingerprint density at radius 2 is 1.45 bits per heavy atom. The third-order valence-corrected chi connectivity index (χ3v) is 5.58. The van der Waals surface area contributed by atoms with Crippen LogP contribution in [0.1, 0.15) is 11.1 Å². The van der Waals surface area contributed by atoms with Crippen molar-refractivity contribution in [3.05, 3.63) is 108 Å². The number of nitrogens with zero attached hydrogens (tertiary/aromatic N) is 2. The average molecular weight is 418 g/mol. The van der Waals surface area contributed by atoms with Gasteiger partial charge in [-0.05, 0) is 40.6 Å². The van der Waals surface area contributed by atoms with Crippen LogP contribution in [-0.2, 0) is 5.60 Å². The lowest BCUT2D eigenvalue weighted by molar-refractivity contribution is -0.247. The fourth-order valence-electron chi connectivity index (χ4n) is 4.05. The first-order valence-corrected chi connectivity index (χ1v) is 9.70. The molecule has 1 heterocycles. The van der Waals surface area contributed by atoms with E-state index in [2.05, 4.69) is 5.10 Å². The number of hydrogen-bond donors (Lipinski definition) is 1. The Morgan fingerprint density at radius 1 is 0.742 bits per heavy atom. The van der Waals surface area contributed by atoms with Gasteiger partial charge in [-0.1, -0.05) is 66.7 Å². The Balaban J connectivity index is 1.73. The molecule has 0 radical (unpaired) electrons. The molecule has 5 aromatic rings. The van der Waals surface area contributed by atoms with Crippen LogP contribution in [0.5, 0.6) is 0 Å². The van der Waals surface area contributed by atoms with Gasteiger partial charge in [0.25, 0.3) is 0 Å². The van der Waals surface area contributed by atoms with E-state index in [1.807, 2.05) is 30.3 Å². The highest BCUT2D eigenvalue weighted by atomic mass is 19.4. The fraction of sp³-hybridized carbons (Fsp3) is 0.0800. The summed E-state index contributed by atoms with van der Waals surface area (Å²) in [6.45, 7) is 0. The number of aliphatic hydroxyl groups is 1. The van der Waals surface area contributed by atoms with Crippen molar-refractivity contribution in [2.24, 2.45) is 0 Å².